The van der Waals surface area contributed by atoms with Crippen LogP contribution in [0.3, 0.4) is 0 Å². The van der Waals surface area contributed by atoms with Crippen molar-refractivity contribution in [3.8, 4) is 5.75 Å². The van der Waals surface area contributed by atoms with Gasteiger partial charge in [-0.3, -0.25) is 0 Å². The Morgan fingerprint density at radius 3 is 2.29 bits per heavy atom. The third-order valence-electron chi connectivity index (χ3n) is 2.61. The van der Waals surface area contributed by atoms with Gasteiger partial charge >= 0.3 is 6.36 Å². The van der Waals surface area contributed by atoms with Crippen LogP contribution in [0.25, 0.3) is 0 Å². The minimum atomic E-state index is -4.82. The maximum atomic E-state index is 12.0. The SMILES string of the molecule is CCCC(CN)NS(=O)(=O)c1ccc(OC(F)(F)F)cc1. The van der Waals surface area contributed by atoms with Gasteiger partial charge in [-0.1, -0.05) is 13.3 Å². The molecule has 1 atom stereocenters. The molecule has 0 bridgehead atoms. The van der Waals surface area contributed by atoms with Crippen molar-refractivity contribution in [2.24, 2.45) is 5.73 Å². The summed E-state index contributed by atoms with van der Waals surface area (Å²) in [5.74, 6) is -0.481. The maximum absolute atomic E-state index is 12.0. The lowest BCUT2D eigenvalue weighted by Crippen LogP contribution is -2.39. The molecule has 0 saturated heterocycles. The molecule has 0 heterocycles. The summed E-state index contributed by atoms with van der Waals surface area (Å²) in [6.07, 6.45) is -3.49. The fraction of sp³-hybridized carbons (Fsp3) is 0.500. The van der Waals surface area contributed by atoms with E-state index in [-0.39, 0.29) is 11.4 Å². The smallest absolute Gasteiger partial charge is 0.406 e. The molecular formula is C12H17F3N2O3S. The van der Waals surface area contributed by atoms with E-state index in [1.807, 2.05) is 6.92 Å². The lowest BCUT2D eigenvalue weighted by molar-refractivity contribution is -0.274. The molecule has 0 amide bonds. The van der Waals surface area contributed by atoms with Gasteiger partial charge in [0, 0.05) is 12.6 Å². The fourth-order valence-corrected chi connectivity index (χ4v) is 2.96. The molecule has 0 aliphatic rings. The quantitative estimate of drug-likeness (QED) is 0.803. The second kappa shape index (κ2) is 7.10. The molecule has 1 rings (SSSR count). The normalized spacial score (nSPS) is 14.0. The van der Waals surface area contributed by atoms with Crippen LogP contribution in [0.1, 0.15) is 19.8 Å². The van der Waals surface area contributed by atoms with Crippen molar-refractivity contribution in [2.45, 2.75) is 37.1 Å². The molecule has 0 fully saturated rings. The third kappa shape index (κ3) is 5.90. The molecule has 0 saturated carbocycles. The van der Waals surface area contributed by atoms with Crippen molar-refractivity contribution in [1.82, 2.24) is 4.72 Å². The summed E-state index contributed by atoms with van der Waals surface area (Å²) < 4.78 is 66.2. The molecule has 0 aromatic heterocycles. The number of halogens is 3. The number of hydrogen-bond acceptors (Lipinski definition) is 4. The number of sulfonamides is 1. The minimum absolute atomic E-state index is 0.141. The number of benzene rings is 1. The van der Waals surface area contributed by atoms with Crippen molar-refractivity contribution in [2.75, 3.05) is 6.54 Å². The Morgan fingerprint density at radius 1 is 1.29 bits per heavy atom. The second-order valence-electron chi connectivity index (χ2n) is 4.36. The van der Waals surface area contributed by atoms with Crippen LogP contribution in [0.5, 0.6) is 5.75 Å². The van der Waals surface area contributed by atoms with Crippen LogP contribution in [0.4, 0.5) is 13.2 Å². The highest BCUT2D eigenvalue weighted by atomic mass is 32.2. The van der Waals surface area contributed by atoms with E-state index < -0.39 is 28.2 Å². The Balaban J connectivity index is 2.84. The van der Waals surface area contributed by atoms with Gasteiger partial charge in [-0.2, -0.15) is 0 Å². The molecule has 21 heavy (non-hydrogen) atoms. The number of ether oxygens (including phenoxy) is 1. The van der Waals surface area contributed by atoms with E-state index in [0.717, 1.165) is 30.7 Å². The molecule has 0 radical (unpaired) electrons. The van der Waals surface area contributed by atoms with Gasteiger partial charge in [0.25, 0.3) is 0 Å². The van der Waals surface area contributed by atoms with Gasteiger partial charge < -0.3 is 10.5 Å². The second-order valence-corrected chi connectivity index (χ2v) is 6.08. The minimum Gasteiger partial charge on any atom is -0.406 e. The van der Waals surface area contributed by atoms with Gasteiger partial charge in [-0.15, -0.1) is 13.2 Å². The Bertz CT molecular complexity index is 544. The Labute approximate surface area is 121 Å². The zero-order valence-electron chi connectivity index (χ0n) is 11.4. The fourth-order valence-electron chi connectivity index (χ4n) is 1.68. The maximum Gasteiger partial charge on any atom is 0.573 e. The number of rotatable bonds is 7. The predicted molar refractivity (Wildman–Crippen MR) is 71.2 cm³/mol. The molecule has 9 heteroatoms. The summed E-state index contributed by atoms with van der Waals surface area (Å²) >= 11 is 0. The van der Waals surface area contributed by atoms with Gasteiger partial charge in [0.15, 0.2) is 0 Å². The average Bonchev–Trinajstić information content (AvgIpc) is 2.36. The van der Waals surface area contributed by atoms with Gasteiger partial charge in [-0.25, -0.2) is 13.1 Å². The molecule has 3 N–H and O–H groups in total. The van der Waals surface area contributed by atoms with E-state index in [1.54, 1.807) is 0 Å². The highest BCUT2D eigenvalue weighted by Gasteiger charge is 2.31. The summed E-state index contributed by atoms with van der Waals surface area (Å²) in [4.78, 5) is -0.147. The Morgan fingerprint density at radius 2 is 1.86 bits per heavy atom. The van der Waals surface area contributed by atoms with Crippen LogP contribution in [-0.4, -0.2) is 27.4 Å². The van der Waals surface area contributed by atoms with Crippen molar-refractivity contribution < 1.29 is 26.3 Å². The number of hydrogen-bond donors (Lipinski definition) is 2. The number of alkyl halides is 3. The predicted octanol–water partition coefficient (Wildman–Crippen LogP) is 1.99. The summed E-state index contributed by atoms with van der Waals surface area (Å²) in [5.41, 5.74) is 5.47. The molecule has 0 aliphatic heterocycles. The van der Waals surface area contributed by atoms with E-state index >= 15 is 0 Å². The van der Waals surface area contributed by atoms with Crippen LogP contribution in [0.15, 0.2) is 29.2 Å². The zero-order chi connectivity index (χ0) is 16.1. The van der Waals surface area contributed by atoms with Crippen molar-refractivity contribution in [3.63, 3.8) is 0 Å². The topological polar surface area (TPSA) is 81.4 Å². The van der Waals surface area contributed by atoms with E-state index in [9.17, 15) is 21.6 Å². The molecule has 1 unspecified atom stereocenters. The first-order valence-electron chi connectivity index (χ1n) is 6.26. The van der Waals surface area contributed by atoms with Gasteiger partial charge in [0.2, 0.25) is 10.0 Å². The highest BCUT2D eigenvalue weighted by molar-refractivity contribution is 7.89. The molecule has 5 nitrogen and oxygen atoms in total. The monoisotopic (exact) mass is 326 g/mol. The van der Waals surface area contributed by atoms with Crippen LogP contribution in [0.2, 0.25) is 0 Å². The lowest BCUT2D eigenvalue weighted by atomic mass is 10.2. The van der Waals surface area contributed by atoms with E-state index in [0.29, 0.717) is 6.42 Å². The summed E-state index contributed by atoms with van der Waals surface area (Å²) in [6, 6.07) is 3.57. The van der Waals surface area contributed by atoms with Crippen molar-refractivity contribution >= 4 is 10.0 Å². The first kappa shape index (κ1) is 17.7. The molecule has 0 spiro atoms. The van der Waals surface area contributed by atoms with E-state index in [1.165, 1.54) is 0 Å². The van der Waals surface area contributed by atoms with Gasteiger partial charge in [-0.05, 0) is 30.7 Å². The summed E-state index contributed by atoms with van der Waals surface area (Å²) in [6.45, 7) is 2.03. The largest absolute Gasteiger partial charge is 0.573 e. The van der Waals surface area contributed by atoms with Crippen LogP contribution in [-0.2, 0) is 10.0 Å². The van der Waals surface area contributed by atoms with Gasteiger partial charge in [0.1, 0.15) is 5.75 Å². The first-order chi connectivity index (χ1) is 9.68. The Kier molecular flexibility index (Phi) is 5.99. The van der Waals surface area contributed by atoms with Crippen LogP contribution >= 0.6 is 0 Å². The van der Waals surface area contributed by atoms with Crippen molar-refractivity contribution in [3.05, 3.63) is 24.3 Å². The standard InChI is InChI=1S/C12H17F3N2O3S/c1-2-3-9(8-16)17-21(18,19)11-6-4-10(5-7-11)20-12(13,14)15/h4-7,9,17H,2-3,8,16H2,1H3. The van der Waals surface area contributed by atoms with Crippen LogP contribution < -0.4 is 15.2 Å². The molecule has 0 aliphatic carbocycles. The van der Waals surface area contributed by atoms with E-state index in [4.69, 9.17) is 5.73 Å². The molecule has 1 aromatic carbocycles. The molecule has 120 valence electrons. The zero-order valence-corrected chi connectivity index (χ0v) is 12.2. The van der Waals surface area contributed by atoms with Gasteiger partial charge in [0.05, 0.1) is 4.90 Å². The Hall–Kier alpha value is -1.32. The van der Waals surface area contributed by atoms with Crippen LogP contribution in [0, 0.1) is 0 Å². The number of nitrogens with two attached hydrogens (primary N) is 1. The average molecular weight is 326 g/mol. The third-order valence-corrected chi connectivity index (χ3v) is 4.15. The first-order valence-corrected chi connectivity index (χ1v) is 7.74. The summed E-state index contributed by atoms with van der Waals surface area (Å²) in [7, 11) is -3.82. The lowest BCUT2D eigenvalue weighted by Gasteiger charge is -2.16. The molecule has 1 aromatic rings. The number of nitrogens with one attached hydrogen (secondary N) is 1. The summed E-state index contributed by atoms with van der Waals surface area (Å²) in [5, 5.41) is 0. The van der Waals surface area contributed by atoms with E-state index in [2.05, 4.69) is 9.46 Å². The highest BCUT2D eigenvalue weighted by Crippen LogP contribution is 2.23. The molecular weight excluding hydrogens is 309 g/mol. The van der Waals surface area contributed by atoms with Crippen molar-refractivity contribution in [1.29, 1.82) is 0 Å².